The van der Waals surface area contributed by atoms with Crippen molar-refractivity contribution in [3.8, 4) is 11.5 Å². The highest BCUT2D eigenvalue weighted by atomic mass is 16.5. The molecule has 0 saturated heterocycles. The van der Waals surface area contributed by atoms with Gasteiger partial charge in [-0.3, -0.25) is 0 Å². The average Bonchev–Trinajstić information content (AvgIpc) is 2.78. The molecule has 1 N–H and O–H groups in total. The van der Waals surface area contributed by atoms with Crippen molar-refractivity contribution >= 4 is 5.71 Å². The highest BCUT2D eigenvalue weighted by molar-refractivity contribution is 6.05. The van der Waals surface area contributed by atoms with Crippen LogP contribution < -0.4 is 9.47 Å². The number of nitrogens with zero attached hydrogens (tertiary/aromatic N) is 1. The first-order valence-electron chi connectivity index (χ1n) is 5.85. The minimum absolute atomic E-state index is 0.320. The fourth-order valence-corrected chi connectivity index (χ4v) is 1.61. The van der Waals surface area contributed by atoms with Crippen LogP contribution in [0.3, 0.4) is 0 Å². The smallest absolute Gasteiger partial charge is 0.134 e. The molecule has 2 rings (SSSR count). The van der Waals surface area contributed by atoms with E-state index >= 15 is 0 Å². The molecule has 0 aromatic heterocycles. The molecule has 0 amide bonds. The molecule has 1 atom stereocenters. The minimum atomic E-state index is 0.320. The molecule has 1 unspecified atom stereocenters. The Hall–Kier alpha value is -1.71. The first kappa shape index (κ1) is 11.8. The predicted molar refractivity (Wildman–Crippen MR) is 65.2 cm³/mol. The van der Waals surface area contributed by atoms with Gasteiger partial charge in [-0.05, 0) is 18.1 Å². The van der Waals surface area contributed by atoms with E-state index in [1.807, 2.05) is 18.2 Å². The third kappa shape index (κ3) is 2.52. The van der Waals surface area contributed by atoms with Gasteiger partial charge in [-0.25, -0.2) is 0 Å². The lowest BCUT2D eigenvalue weighted by atomic mass is 10.1. The Kier molecular flexibility index (Phi) is 3.52. The van der Waals surface area contributed by atoms with E-state index < -0.39 is 0 Å². The second-order valence-corrected chi connectivity index (χ2v) is 4.32. The van der Waals surface area contributed by atoms with Gasteiger partial charge >= 0.3 is 0 Å². The van der Waals surface area contributed by atoms with Gasteiger partial charge in [0, 0.05) is 11.6 Å². The molecule has 4 nitrogen and oxygen atoms in total. The molecule has 17 heavy (non-hydrogen) atoms. The summed E-state index contributed by atoms with van der Waals surface area (Å²) in [4.78, 5) is 0. The molecule has 4 heteroatoms. The van der Waals surface area contributed by atoms with E-state index in [1.54, 1.807) is 0 Å². The van der Waals surface area contributed by atoms with Crippen LogP contribution in [0, 0.1) is 5.92 Å². The summed E-state index contributed by atoms with van der Waals surface area (Å²) in [5, 5.41) is 12.0. The van der Waals surface area contributed by atoms with Gasteiger partial charge in [-0.2, -0.15) is 0 Å². The topological polar surface area (TPSA) is 51.0 Å². The van der Waals surface area contributed by atoms with Crippen LogP contribution in [-0.4, -0.2) is 24.1 Å². The SMILES string of the molecule is CCC(C)COc1ccc2c(c1)OCC2=NO. The highest BCUT2D eigenvalue weighted by Crippen LogP contribution is 2.30. The third-order valence-corrected chi connectivity index (χ3v) is 2.98. The second-order valence-electron chi connectivity index (χ2n) is 4.32. The number of hydrogen-bond donors (Lipinski definition) is 1. The van der Waals surface area contributed by atoms with Crippen LogP contribution in [0.25, 0.3) is 0 Å². The number of hydrogen-bond acceptors (Lipinski definition) is 4. The molecule has 1 aromatic carbocycles. The summed E-state index contributed by atoms with van der Waals surface area (Å²) in [6, 6.07) is 5.58. The van der Waals surface area contributed by atoms with Gasteiger partial charge in [0.05, 0.1) is 6.61 Å². The van der Waals surface area contributed by atoms with E-state index in [9.17, 15) is 0 Å². The van der Waals surface area contributed by atoms with E-state index in [1.165, 1.54) is 0 Å². The maximum atomic E-state index is 8.77. The van der Waals surface area contributed by atoms with Crippen molar-refractivity contribution in [2.75, 3.05) is 13.2 Å². The van der Waals surface area contributed by atoms with E-state index in [4.69, 9.17) is 14.7 Å². The Labute approximate surface area is 101 Å². The van der Waals surface area contributed by atoms with Crippen LogP contribution in [0.15, 0.2) is 23.4 Å². The molecule has 1 heterocycles. The molecule has 1 aliphatic rings. The van der Waals surface area contributed by atoms with Gasteiger partial charge in [0.15, 0.2) is 0 Å². The lowest BCUT2D eigenvalue weighted by molar-refractivity contribution is 0.255. The van der Waals surface area contributed by atoms with Crippen LogP contribution >= 0.6 is 0 Å². The number of oxime groups is 1. The zero-order valence-corrected chi connectivity index (χ0v) is 10.1. The van der Waals surface area contributed by atoms with Gasteiger partial charge in [0.1, 0.15) is 23.8 Å². The lowest BCUT2D eigenvalue weighted by Crippen LogP contribution is -2.07. The van der Waals surface area contributed by atoms with Crippen molar-refractivity contribution in [1.29, 1.82) is 0 Å². The Morgan fingerprint density at radius 1 is 1.53 bits per heavy atom. The maximum Gasteiger partial charge on any atom is 0.134 e. The largest absolute Gasteiger partial charge is 0.493 e. The summed E-state index contributed by atoms with van der Waals surface area (Å²) in [6.07, 6.45) is 1.10. The van der Waals surface area contributed by atoms with Gasteiger partial charge in [-0.1, -0.05) is 25.4 Å². The number of benzene rings is 1. The minimum Gasteiger partial charge on any atom is -0.493 e. The Balaban J connectivity index is 2.08. The van der Waals surface area contributed by atoms with Crippen LogP contribution in [0.1, 0.15) is 25.8 Å². The lowest BCUT2D eigenvalue weighted by Gasteiger charge is -2.11. The molecule has 0 saturated carbocycles. The van der Waals surface area contributed by atoms with Crippen molar-refractivity contribution in [3.63, 3.8) is 0 Å². The van der Waals surface area contributed by atoms with Gasteiger partial charge in [-0.15, -0.1) is 0 Å². The van der Waals surface area contributed by atoms with Crippen molar-refractivity contribution in [1.82, 2.24) is 0 Å². The first-order valence-corrected chi connectivity index (χ1v) is 5.85. The van der Waals surface area contributed by atoms with Gasteiger partial charge in [0.2, 0.25) is 0 Å². The predicted octanol–water partition coefficient (Wildman–Crippen LogP) is 2.68. The monoisotopic (exact) mass is 235 g/mol. The van der Waals surface area contributed by atoms with Crippen molar-refractivity contribution in [2.45, 2.75) is 20.3 Å². The summed E-state index contributed by atoms with van der Waals surface area (Å²) in [7, 11) is 0. The summed E-state index contributed by atoms with van der Waals surface area (Å²) in [5.41, 5.74) is 1.40. The summed E-state index contributed by atoms with van der Waals surface area (Å²) < 4.78 is 11.1. The molecule has 92 valence electrons. The molecule has 0 radical (unpaired) electrons. The summed E-state index contributed by atoms with van der Waals surface area (Å²) in [5.74, 6) is 2.06. The fourth-order valence-electron chi connectivity index (χ4n) is 1.61. The zero-order valence-electron chi connectivity index (χ0n) is 10.1. The Morgan fingerprint density at radius 2 is 2.35 bits per heavy atom. The molecule has 1 aromatic rings. The van der Waals surface area contributed by atoms with Gasteiger partial charge in [0.25, 0.3) is 0 Å². The molecule has 0 spiro atoms. The van der Waals surface area contributed by atoms with Gasteiger partial charge < -0.3 is 14.7 Å². The van der Waals surface area contributed by atoms with Crippen LogP contribution in [-0.2, 0) is 0 Å². The molecule has 0 fully saturated rings. The Bertz CT molecular complexity index is 429. The molecule has 1 aliphatic heterocycles. The van der Waals surface area contributed by atoms with E-state index in [-0.39, 0.29) is 0 Å². The summed E-state index contributed by atoms with van der Waals surface area (Å²) in [6.45, 7) is 5.32. The van der Waals surface area contributed by atoms with Crippen LogP contribution in [0.2, 0.25) is 0 Å². The fraction of sp³-hybridized carbons (Fsp3) is 0.462. The van der Waals surface area contributed by atoms with E-state index in [2.05, 4.69) is 19.0 Å². The molecule has 0 aliphatic carbocycles. The first-order chi connectivity index (χ1) is 8.24. The maximum absolute atomic E-state index is 8.77. The second kappa shape index (κ2) is 5.08. The third-order valence-electron chi connectivity index (χ3n) is 2.98. The van der Waals surface area contributed by atoms with Crippen LogP contribution in [0.5, 0.6) is 11.5 Å². The molecular formula is C13H17NO3. The summed E-state index contributed by atoms with van der Waals surface area (Å²) >= 11 is 0. The zero-order chi connectivity index (χ0) is 12.3. The number of rotatable bonds is 4. The molecular weight excluding hydrogens is 218 g/mol. The van der Waals surface area contributed by atoms with Crippen molar-refractivity contribution in [3.05, 3.63) is 23.8 Å². The normalized spacial score (nSPS) is 17.6. The quantitative estimate of drug-likeness (QED) is 0.644. The average molecular weight is 235 g/mol. The highest BCUT2D eigenvalue weighted by Gasteiger charge is 2.20. The Morgan fingerprint density at radius 3 is 3.06 bits per heavy atom. The van der Waals surface area contributed by atoms with Crippen molar-refractivity contribution in [2.24, 2.45) is 11.1 Å². The molecule has 0 bridgehead atoms. The van der Waals surface area contributed by atoms with Crippen molar-refractivity contribution < 1.29 is 14.7 Å². The number of ether oxygens (including phenoxy) is 2. The van der Waals surface area contributed by atoms with E-state index in [0.717, 1.165) is 23.5 Å². The standard InChI is InChI=1S/C13H17NO3/c1-3-9(2)7-16-10-4-5-11-12(14-15)8-17-13(11)6-10/h4-6,9,15H,3,7-8H2,1-2H3. The van der Waals surface area contributed by atoms with E-state index in [0.29, 0.717) is 24.8 Å². The number of fused-ring (bicyclic) bond motifs is 1. The van der Waals surface area contributed by atoms with Crippen LogP contribution in [0.4, 0.5) is 0 Å².